The van der Waals surface area contributed by atoms with Gasteiger partial charge in [0, 0.05) is 25.4 Å². The number of carbonyl (C=O) groups excluding carboxylic acids is 2. The quantitative estimate of drug-likeness (QED) is 0.701. The summed E-state index contributed by atoms with van der Waals surface area (Å²) in [5.74, 6) is 0.0526. The lowest BCUT2D eigenvalue weighted by Gasteiger charge is -2.26. The summed E-state index contributed by atoms with van der Waals surface area (Å²) < 4.78 is 0. The molecule has 0 unspecified atom stereocenters. The lowest BCUT2D eigenvalue weighted by molar-refractivity contribution is -0.121. The van der Waals surface area contributed by atoms with Gasteiger partial charge in [-0.05, 0) is 35.1 Å². The summed E-state index contributed by atoms with van der Waals surface area (Å²) in [7, 11) is 1.70. The number of carbonyl (C=O) groups is 2. The average molecular weight is 403 g/mol. The first-order valence-electron chi connectivity index (χ1n) is 10.1. The van der Waals surface area contributed by atoms with Crippen molar-refractivity contribution >= 4 is 17.6 Å². The molecule has 2 aromatic heterocycles. The molecule has 3 atom stereocenters. The summed E-state index contributed by atoms with van der Waals surface area (Å²) >= 11 is 0. The standard InChI is InChI=1S/C23H25N5O2/c1-14-15(2)20(23(30)28(3)21-18(14)10-7-11-24-21)25-22(29)19-13-17(26-27-19)12-16-8-5-4-6-9-16/h4-11,13-15,20H,12H2,1-3H3,(H,25,29)(H,26,27)/t14-,15+,20+/m0/s1. The lowest BCUT2D eigenvalue weighted by atomic mass is 9.85. The Labute approximate surface area is 175 Å². The normalized spacial score (nSPS) is 21.1. The van der Waals surface area contributed by atoms with Gasteiger partial charge in [-0.25, -0.2) is 4.98 Å². The number of nitrogens with one attached hydrogen (secondary N) is 2. The first-order valence-corrected chi connectivity index (χ1v) is 10.1. The zero-order valence-corrected chi connectivity index (χ0v) is 17.3. The van der Waals surface area contributed by atoms with E-state index in [-0.39, 0.29) is 29.3 Å². The highest BCUT2D eigenvalue weighted by Crippen LogP contribution is 2.36. The highest BCUT2D eigenvalue weighted by molar-refractivity contribution is 6.02. The van der Waals surface area contributed by atoms with Crippen LogP contribution in [0.25, 0.3) is 0 Å². The minimum absolute atomic E-state index is 0.0562. The van der Waals surface area contributed by atoms with Crippen LogP contribution < -0.4 is 10.2 Å². The fourth-order valence-electron chi connectivity index (χ4n) is 3.95. The number of amides is 2. The van der Waals surface area contributed by atoms with E-state index in [1.807, 2.05) is 49.4 Å². The number of aromatic amines is 1. The summed E-state index contributed by atoms with van der Waals surface area (Å²) in [5, 5.41) is 9.98. The van der Waals surface area contributed by atoms with Crippen molar-refractivity contribution in [3.05, 3.63) is 77.2 Å². The number of pyridine rings is 1. The van der Waals surface area contributed by atoms with Crippen LogP contribution in [0.4, 0.5) is 5.82 Å². The molecule has 0 radical (unpaired) electrons. The summed E-state index contributed by atoms with van der Waals surface area (Å²) in [4.78, 5) is 31.9. The van der Waals surface area contributed by atoms with Crippen molar-refractivity contribution in [3.8, 4) is 0 Å². The maximum absolute atomic E-state index is 13.1. The second-order valence-corrected chi connectivity index (χ2v) is 7.85. The molecule has 1 aliphatic heterocycles. The molecule has 3 heterocycles. The predicted molar refractivity (Wildman–Crippen MR) is 114 cm³/mol. The predicted octanol–water partition coefficient (Wildman–Crippen LogP) is 2.91. The van der Waals surface area contributed by atoms with E-state index < -0.39 is 6.04 Å². The number of hydrogen-bond donors (Lipinski definition) is 2. The van der Waals surface area contributed by atoms with Crippen molar-refractivity contribution in [1.29, 1.82) is 0 Å². The SMILES string of the molecule is C[C@@H]1[C@H](C)c2cccnc2N(C)C(=O)[C@@H]1NC(=O)c1cc(Cc2ccccc2)[nH]n1. The molecule has 0 saturated carbocycles. The topological polar surface area (TPSA) is 91.0 Å². The Morgan fingerprint density at radius 3 is 2.70 bits per heavy atom. The van der Waals surface area contributed by atoms with E-state index in [2.05, 4.69) is 27.4 Å². The maximum atomic E-state index is 13.1. The number of benzene rings is 1. The van der Waals surface area contributed by atoms with Crippen LogP contribution in [0.2, 0.25) is 0 Å². The smallest absolute Gasteiger partial charge is 0.272 e. The number of hydrogen-bond acceptors (Lipinski definition) is 4. The largest absolute Gasteiger partial charge is 0.339 e. The van der Waals surface area contributed by atoms with Gasteiger partial charge in [0.15, 0.2) is 0 Å². The number of anilines is 1. The number of H-pyrrole nitrogens is 1. The van der Waals surface area contributed by atoms with Crippen molar-refractivity contribution in [2.45, 2.75) is 32.2 Å². The number of nitrogens with zero attached hydrogens (tertiary/aromatic N) is 3. The van der Waals surface area contributed by atoms with E-state index >= 15 is 0 Å². The highest BCUT2D eigenvalue weighted by Gasteiger charge is 2.39. The Kier molecular flexibility index (Phi) is 5.35. The molecule has 0 spiro atoms. The van der Waals surface area contributed by atoms with Crippen LogP contribution in [-0.2, 0) is 11.2 Å². The van der Waals surface area contributed by atoms with Gasteiger partial charge < -0.3 is 5.32 Å². The number of fused-ring (bicyclic) bond motifs is 1. The number of aromatic nitrogens is 3. The molecule has 154 valence electrons. The molecule has 2 amide bonds. The molecule has 1 aromatic carbocycles. The summed E-state index contributed by atoms with van der Waals surface area (Å²) in [5.41, 5.74) is 3.24. The molecule has 0 saturated heterocycles. The third kappa shape index (κ3) is 3.70. The van der Waals surface area contributed by atoms with Gasteiger partial charge in [0.05, 0.1) is 0 Å². The molecule has 7 nitrogen and oxygen atoms in total. The average Bonchev–Trinajstić information content (AvgIpc) is 3.22. The highest BCUT2D eigenvalue weighted by atomic mass is 16.2. The molecule has 1 aliphatic rings. The summed E-state index contributed by atoms with van der Waals surface area (Å²) in [6.07, 6.45) is 2.33. The minimum atomic E-state index is -0.666. The van der Waals surface area contributed by atoms with Crippen LogP contribution in [0.1, 0.15) is 47.1 Å². The molecule has 3 aromatic rings. The fourth-order valence-corrected chi connectivity index (χ4v) is 3.95. The van der Waals surface area contributed by atoms with E-state index in [0.717, 1.165) is 16.8 Å². The summed E-state index contributed by atoms with van der Waals surface area (Å²) in [6, 6.07) is 14.9. The van der Waals surface area contributed by atoms with Crippen LogP contribution in [0.15, 0.2) is 54.7 Å². The Balaban J connectivity index is 1.52. The third-order valence-electron chi connectivity index (χ3n) is 5.92. The van der Waals surface area contributed by atoms with Gasteiger partial charge in [0.2, 0.25) is 0 Å². The van der Waals surface area contributed by atoms with E-state index in [4.69, 9.17) is 0 Å². The van der Waals surface area contributed by atoms with Gasteiger partial charge in [-0.3, -0.25) is 19.6 Å². The van der Waals surface area contributed by atoms with Crippen molar-refractivity contribution in [2.75, 3.05) is 11.9 Å². The van der Waals surface area contributed by atoms with Gasteiger partial charge >= 0.3 is 0 Å². The van der Waals surface area contributed by atoms with Crippen molar-refractivity contribution in [1.82, 2.24) is 20.5 Å². The van der Waals surface area contributed by atoms with E-state index in [9.17, 15) is 9.59 Å². The fraction of sp³-hybridized carbons (Fsp3) is 0.304. The molecule has 4 rings (SSSR count). The molecule has 7 heteroatoms. The van der Waals surface area contributed by atoms with Gasteiger partial charge in [-0.1, -0.05) is 50.2 Å². The summed E-state index contributed by atoms with van der Waals surface area (Å²) in [6.45, 7) is 4.04. The van der Waals surface area contributed by atoms with Crippen LogP contribution in [0.5, 0.6) is 0 Å². The van der Waals surface area contributed by atoms with E-state index in [1.165, 1.54) is 4.90 Å². The van der Waals surface area contributed by atoms with Gasteiger partial charge in [-0.2, -0.15) is 5.10 Å². The van der Waals surface area contributed by atoms with Crippen molar-refractivity contribution < 1.29 is 9.59 Å². The molecular weight excluding hydrogens is 378 g/mol. The van der Waals surface area contributed by atoms with E-state index in [1.54, 1.807) is 19.3 Å². The lowest BCUT2D eigenvalue weighted by Crippen LogP contribution is -2.50. The number of likely N-dealkylation sites (N-methyl/N-ethyl adjacent to an activating group) is 1. The maximum Gasteiger partial charge on any atom is 0.272 e. The van der Waals surface area contributed by atoms with Crippen molar-refractivity contribution in [3.63, 3.8) is 0 Å². The first-order chi connectivity index (χ1) is 14.5. The van der Waals surface area contributed by atoms with Crippen LogP contribution >= 0.6 is 0 Å². The van der Waals surface area contributed by atoms with Crippen LogP contribution in [-0.4, -0.2) is 40.1 Å². The van der Waals surface area contributed by atoms with E-state index in [0.29, 0.717) is 12.2 Å². The zero-order valence-electron chi connectivity index (χ0n) is 17.3. The minimum Gasteiger partial charge on any atom is -0.339 e. The third-order valence-corrected chi connectivity index (χ3v) is 5.92. The van der Waals surface area contributed by atoms with Gasteiger partial charge in [0.1, 0.15) is 17.6 Å². The Morgan fingerprint density at radius 1 is 1.17 bits per heavy atom. The zero-order chi connectivity index (χ0) is 21.3. The van der Waals surface area contributed by atoms with Crippen LogP contribution in [0.3, 0.4) is 0 Å². The first kappa shape index (κ1) is 19.8. The second kappa shape index (κ2) is 8.10. The molecule has 0 fully saturated rings. The monoisotopic (exact) mass is 403 g/mol. The Bertz CT molecular complexity index is 1060. The number of rotatable bonds is 4. The van der Waals surface area contributed by atoms with Crippen molar-refractivity contribution in [2.24, 2.45) is 5.92 Å². The molecule has 0 bridgehead atoms. The van der Waals surface area contributed by atoms with Gasteiger partial charge in [0.25, 0.3) is 11.8 Å². The van der Waals surface area contributed by atoms with Crippen LogP contribution in [0, 0.1) is 5.92 Å². The Hall–Kier alpha value is -3.48. The Morgan fingerprint density at radius 2 is 1.93 bits per heavy atom. The molecule has 0 aliphatic carbocycles. The molecular formula is C23H25N5O2. The van der Waals surface area contributed by atoms with Gasteiger partial charge in [-0.15, -0.1) is 0 Å². The second-order valence-electron chi connectivity index (χ2n) is 7.85. The molecule has 30 heavy (non-hydrogen) atoms. The molecule has 2 N–H and O–H groups in total.